The summed E-state index contributed by atoms with van der Waals surface area (Å²) in [5.41, 5.74) is 6.92. The highest BCUT2D eigenvalue weighted by atomic mass is 32.2. The molecule has 1 spiro atoms. The van der Waals surface area contributed by atoms with Crippen molar-refractivity contribution in [2.75, 3.05) is 18.1 Å². The number of hydrogen-bond acceptors (Lipinski definition) is 4. The summed E-state index contributed by atoms with van der Waals surface area (Å²) >= 11 is 4.23. The van der Waals surface area contributed by atoms with E-state index in [-0.39, 0.29) is 5.60 Å². The number of thioether (sulfide) groups is 2. The van der Waals surface area contributed by atoms with Gasteiger partial charge in [-0.25, -0.2) is 0 Å². The van der Waals surface area contributed by atoms with Crippen molar-refractivity contribution >= 4 is 23.5 Å². The van der Waals surface area contributed by atoms with Crippen molar-refractivity contribution in [3.63, 3.8) is 0 Å². The summed E-state index contributed by atoms with van der Waals surface area (Å²) < 4.78 is 6.23. The zero-order valence-electron chi connectivity index (χ0n) is 12.7. The molecule has 2 N–H and O–H groups in total. The van der Waals surface area contributed by atoms with E-state index in [1.54, 1.807) is 0 Å². The fourth-order valence-electron chi connectivity index (χ4n) is 4.28. The highest BCUT2D eigenvalue weighted by molar-refractivity contribution is 8.07. The molecule has 4 atom stereocenters. The molecule has 3 aliphatic rings. The van der Waals surface area contributed by atoms with Crippen LogP contribution in [0.5, 0.6) is 0 Å². The van der Waals surface area contributed by atoms with Gasteiger partial charge in [0.05, 0.1) is 5.60 Å². The van der Waals surface area contributed by atoms with Gasteiger partial charge < -0.3 is 10.5 Å². The van der Waals surface area contributed by atoms with Crippen molar-refractivity contribution in [3.8, 4) is 0 Å². The molecule has 0 aromatic heterocycles. The number of ether oxygens (including phenoxy) is 1. The summed E-state index contributed by atoms with van der Waals surface area (Å²) in [7, 11) is 0. The second-order valence-corrected chi connectivity index (χ2v) is 9.60. The minimum atomic E-state index is 0.203. The first-order valence-electron chi connectivity index (χ1n) is 8.33. The summed E-state index contributed by atoms with van der Waals surface area (Å²) in [6, 6.07) is 0.366. The van der Waals surface area contributed by atoms with E-state index in [9.17, 15) is 0 Å². The Bertz CT molecular complexity index is 314. The fourth-order valence-corrected chi connectivity index (χ4v) is 7.25. The van der Waals surface area contributed by atoms with E-state index < -0.39 is 0 Å². The Morgan fingerprint density at radius 2 is 1.90 bits per heavy atom. The lowest BCUT2D eigenvalue weighted by Gasteiger charge is -2.47. The van der Waals surface area contributed by atoms with Gasteiger partial charge in [-0.2, -0.15) is 23.5 Å². The Balaban J connectivity index is 1.63. The highest BCUT2D eigenvalue weighted by Gasteiger charge is 2.42. The van der Waals surface area contributed by atoms with E-state index in [4.69, 9.17) is 10.5 Å². The van der Waals surface area contributed by atoms with Gasteiger partial charge in [0.15, 0.2) is 0 Å². The average Bonchev–Trinajstić information content (AvgIpc) is 2.48. The minimum Gasteiger partial charge on any atom is -0.375 e. The first-order valence-corrected chi connectivity index (χ1v) is 10.4. The van der Waals surface area contributed by atoms with Crippen LogP contribution in [0.1, 0.15) is 51.9 Å². The molecule has 3 rings (SSSR count). The van der Waals surface area contributed by atoms with Gasteiger partial charge in [0, 0.05) is 34.7 Å². The quantitative estimate of drug-likeness (QED) is 0.843. The zero-order valence-corrected chi connectivity index (χ0v) is 14.3. The van der Waals surface area contributed by atoms with Crippen LogP contribution in [0.4, 0.5) is 0 Å². The van der Waals surface area contributed by atoms with Gasteiger partial charge >= 0.3 is 0 Å². The molecule has 0 aromatic rings. The van der Waals surface area contributed by atoms with Gasteiger partial charge in [-0.3, -0.25) is 0 Å². The monoisotopic (exact) mass is 315 g/mol. The largest absolute Gasteiger partial charge is 0.375 e. The standard InChI is InChI=1S/C16H29NOS2/c1-12-15(20-10-9-19-12)14(17)13-5-8-18-16(11-13)6-3-2-4-7-16/h12-15H,2-11,17H2,1H3. The van der Waals surface area contributed by atoms with Crippen molar-refractivity contribution in [2.45, 2.75) is 74.0 Å². The molecule has 2 aliphatic heterocycles. The van der Waals surface area contributed by atoms with Gasteiger partial charge in [-0.15, -0.1) is 0 Å². The maximum atomic E-state index is 6.71. The molecule has 4 heteroatoms. The lowest BCUT2D eigenvalue weighted by atomic mass is 9.73. The number of rotatable bonds is 2. The van der Waals surface area contributed by atoms with Crippen LogP contribution in [0.15, 0.2) is 0 Å². The summed E-state index contributed by atoms with van der Waals surface area (Å²) in [5.74, 6) is 3.26. The van der Waals surface area contributed by atoms with Crippen LogP contribution >= 0.6 is 23.5 Å². The highest BCUT2D eigenvalue weighted by Crippen LogP contribution is 2.44. The molecule has 0 aromatic carbocycles. The second-order valence-electron chi connectivity index (χ2n) is 6.83. The predicted octanol–water partition coefficient (Wildman–Crippen LogP) is 3.68. The number of nitrogens with two attached hydrogens (primary N) is 1. The molecule has 4 unspecified atom stereocenters. The van der Waals surface area contributed by atoms with Crippen LogP contribution < -0.4 is 5.73 Å². The maximum absolute atomic E-state index is 6.71. The first kappa shape index (κ1) is 15.5. The van der Waals surface area contributed by atoms with E-state index in [0.29, 0.717) is 22.5 Å². The van der Waals surface area contributed by atoms with Crippen molar-refractivity contribution in [2.24, 2.45) is 11.7 Å². The SMILES string of the molecule is CC1SCCSC1C(N)C1CCOC2(CCCCC2)C1. The Kier molecular flexibility index (Phi) is 5.28. The van der Waals surface area contributed by atoms with Crippen molar-refractivity contribution < 1.29 is 4.74 Å². The lowest BCUT2D eigenvalue weighted by Crippen LogP contribution is -2.51. The lowest BCUT2D eigenvalue weighted by molar-refractivity contribution is -0.120. The summed E-state index contributed by atoms with van der Waals surface area (Å²) in [6.45, 7) is 3.31. The first-order chi connectivity index (χ1) is 9.70. The van der Waals surface area contributed by atoms with Gasteiger partial charge in [0.2, 0.25) is 0 Å². The van der Waals surface area contributed by atoms with E-state index >= 15 is 0 Å². The molecular formula is C16H29NOS2. The number of hydrogen-bond donors (Lipinski definition) is 1. The molecule has 2 nitrogen and oxygen atoms in total. The summed E-state index contributed by atoms with van der Waals surface area (Å²) in [4.78, 5) is 0. The Labute approximate surface area is 132 Å². The third-order valence-electron chi connectivity index (χ3n) is 5.46. The molecule has 3 fully saturated rings. The third kappa shape index (κ3) is 3.34. The molecule has 2 saturated heterocycles. The van der Waals surface area contributed by atoms with Gasteiger partial charge in [-0.05, 0) is 31.6 Å². The van der Waals surface area contributed by atoms with E-state index in [1.807, 2.05) is 0 Å². The topological polar surface area (TPSA) is 35.2 Å². The molecule has 1 aliphatic carbocycles. The maximum Gasteiger partial charge on any atom is 0.0685 e. The Morgan fingerprint density at radius 1 is 1.15 bits per heavy atom. The minimum absolute atomic E-state index is 0.203. The molecule has 1 saturated carbocycles. The third-order valence-corrected chi connectivity index (χ3v) is 8.69. The van der Waals surface area contributed by atoms with Crippen LogP contribution in [0.25, 0.3) is 0 Å². The molecule has 20 heavy (non-hydrogen) atoms. The Morgan fingerprint density at radius 3 is 2.65 bits per heavy atom. The van der Waals surface area contributed by atoms with Crippen LogP contribution in [0.2, 0.25) is 0 Å². The van der Waals surface area contributed by atoms with Crippen LogP contribution in [0.3, 0.4) is 0 Å². The molecule has 2 heterocycles. The summed E-state index contributed by atoms with van der Waals surface area (Å²) in [6.07, 6.45) is 9.06. The van der Waals surface area contributed by atoms with Gasteiger partial charge in [0.1, 0.15) is 0 Å². The van der Waals surface area contributed by atoms with E-state index in [0.717, 1.165) is 6.61 Å². The van der Waals surface area contributed by atoms with Crippen molar-refractivity contribution in [1.82, 2.24) is 0 Å². The van der Waals surface area contributed by atoms with E-state index in [1.165, 1.54) is 56.5 Å². The Hall–Kier alpha value is 0.620. The average molecular weight is 316 g/mol. The van der Waals surface area contributed by atoms with Gasteiger partial charge in [-0.1, -0.05) is 26.2 Å². The van der Waals surface area contributed by atoms with Crippen molar-refractivity contribution in [3.05, 3.63) is 0 Å². The smallest absolute Gasteiger partial charge is 0.0685 e. The van der Waals surface area contributed by atoms with E-state index in [2.05, 4.69) is 30.4 Å². The van der Waals surface area contributed by atoms with Gasteiger partial charge in [0.25, 0.3) is 0 Å². The molecule has 0 amide bonds. The molecule has 116 valence electrons. The van der Waals surface area contributed by atoms with Crippen LogP contribution in [-0.2, 0) is 4.74 Å². The van der Waals surface area contributed by atoms with Crippen molar-refractivity contribution in [1.29, 1.82) is 0 Å². The zero-order chi connectivity index (χ0) is 14.0. The normalized spacial score (nSPS) is 39.6. The predicted molar refractivity (Wildman–Crippen MR) is 90.6 cm³/mol. The fraction of sp³-hybridized carbons (Fsp3) is 1.00. The molecule has 0 bridgehead atoms. The van der Waals surface area contributed by atoms with Crippen LogP contribution in [-0.4, -0.2) is 40.3 Å². The molecule has 0 radical (unpaired) electrons. The summed E-state index contributed by atoms with van der Waals surface area (Å²) in [5, 5.41) is 1.37. The second kappa shape index (κ2) is 6.80. The molecular weight excluding hydrogens is 286 g/mol. The van der Waals surface area contributed by atoms with Crippen LogP contribution in [0, 0.1) is 5.92 Å².